The van der Waals surface area contributed by atoms with E-state index in [2.05, 4.69) is 10.8 Å². The number of nitrogens with zero attached hydrogens (tertiary/aromatic N) is 1. The van der Waals surface area contributed by atoms with Crippen LogP contribution in [0.3, 0.4) is 0 Å². The molecule has 0 spiro atoms. The lowest BCUT2D eigenvalue weighted by atomic mass is 9.93. The molecule has 0 fully saturated rings. The smallest absolute Gasteiger partial charge is 0.0807 e. The maximum absolute atomic E-state index is 9.97. The minimum Gasteiger partial charge on any atom is -0.388 e. The number of benzene rings is 1. The van der Waals surface area contributed by atoms with Gasteiger partial charge in [-0.1, -0.05) is 29.3 Å². The molecule has 1 aliphatic rings. The third-order valence-corrected chi connectivity index (χ3v) is 4.37. The van der Waals surface area contributed by atoms with Gasteiger partial charge in [0.2, 0.25) is 0 Å². The summed E-state index contributed by atoms with van der Waals surface area (Å²) in [6.07, 6.45) is 6.84. The van der Waals surface area contributed by atoms with Crippen molar-refractivity contribution in [2.24, 2.45) is 0 Å². The van der Waals surface area contributed by atoms with Crippen LogP contribution in [0, 0.1) is 0 Å². The molecule has 0 amide bonds. The summed E-state index contributed by atoms with van der Waals surface area (Å²) in [4.78, 5) is 0. The van der Waals surface area contributed by atoms with Gasteiger partial charge in [-0.3, -0.25) is 0 Å². The molecule has 2 aromatic rings. The first kappa shape index (κ1) is 13.0. The maximum atomic E-state index is 9.97. The number of halogens is 2. The fraction of sp³-hybridized carbons (Fsp3) is 0.333. The SMILES string of the molecule is OC1CCCc2cn(Cc3ccc(Cl)c(Cl)c3)cc21. The molecule has 1 N–H and O–H groups in total. The predicted molar refractivity (Wildman–Crippen MR) is 77.9 cm³/mol. The van der Waals surface area contributed by atoms with Crippen LogP contribution in [0.4, 0.5) is 0 Å². The molecule has 1 atom stereocenters. The van der Waals surface area contributed by atoms with E-state index >= 15 is 0 Å². The molecule has 3 rings (SSSR count). The molecule has 0 bridgehead atoms. The zero-order valence-electron chi connectivity index (χ0n) is 10.4. The minimum absolute atomic E-state index is 0.307. The van der Waals surface area contributed by atoms with Crippen LogP contribution in [0.25, 0.3) is 0 Å². The van der Waals surface area contributed by atoms with Crippen molar-refractivity contribution >= 4 is 23.2 Å². The molecular weight excluding hydrogens is 281 g/mol. The largest absolute Gasteiger partial charge is 0.388 e. The van der Waals surface area contributed by atoms with E-state index in [1.54, 1.807) is 0 Å². The average Bonchev–Trinajstić information content (AvgIpc) is 2.78. The highest BCUT2D eigenvalue weighted by Crippen LogP contribution is 2.30. The van der Waals surface area contributed by atoms with Gasteiger partial charge >= 0.3 is 0 Å². The summed E-state index contributed by atoms with van der Waals surface area (Å²) in [6, 6.07) is 5.68. The zero-order chi connectivity index (χ0) is 13.4. The standard InChI is InChI=1S/C15H15Cl2NO/c16-13-5-4-10(6-14(13)17)7-18-8-11-2-1-3-15(19)12(11)9-18/h4-6,8-9,15,19H,1-3,7H2. The molecule has 1 aliphatic carbocycles. The Bertz CT molecular complexity index is 606. The van der Waals surface area contributed by atoms with Gasteiger partial charge in [-0.05, 0) is 42.5 Å². The van der Waals surface area contributed by atoms with Gasteiger partial charge in [-0.25, -0.2) is 0 Å². The first-order chi connectivity index (χ1) is 9.13. The summed E-state index contributed by atoms with van der Waals surface area (Å²) in [5, 5.41) is 11.1. The zero-order valence-corrected chi connectivity index (χ0v) is 12.0. The number of fused-ring (bicyclic) bond motifs is 1. The van der Waals surface area contributed by atoms with Crippen molar-refractivity contribution in [3.05, 3.63) is 57.3 Å². The predicted octanol–water partition coefficient (Wildman–Crippen LogP) is 4.21. The summed E-state index contributed by atoms with van der Waals surface area (Å²) < 4.78 is 2.11. The van der Waals surface area contributed by atoms with Gasteiger partial charge < -0.3 is 9.67 Å². The monoisotopic (exact) mass is 295 g/mol. The first-order valence-electron chi connectivity index (χ1n) is 6.44. The molecular formula is C15H15Cl2NO. The van der Waals surface area contributed by atoms with E-state index in [0.29, 0.717) is 10.0 Å². The van der Waals surface area contributed by atoms with E-state index in [1.165, 1.54) is 5.56 Å². The van der Waals surface area contributed by atoms with Crippen molar-refractivity contribution < 1.29 is 5.11 Å². The lowest BCUT2D eigenvalue weighted by Crippen LogP contribution is -2.05. The van der Waals surface area contributed by atoms with E-state index in [1.807, 2.05) is 24.4 Å². The number of aromatic nitrogens is 1. The van der Waals surface area contributed by atoms with Crippen LogP contribution < -0.4 is 0 Å². The molecule has 1 aromatic carbocycles. The van der Waals surface area contributed by atoms with Crippen molar-refractivity contribution in [3.63, 3.8) is 0 Å². The van der Waals surface area contributed by atoms with E-state index in [9.17, 15) is 5.11 Å². The van der Waals surface area contributed by atoms with Crippen LogP contribution in [-0.4, -0.2) is 9.67 Å². The highest BCUT2D eigenvalue weighted by Gasteiger charge is 2.19. The molecule has 0 saturated heterocycles. The van der Waals surface area contributed by atoms with Crippen LogP contribution in [0.1, 0.15) is 35.6 Å². The number of rotatable bonds is 2. The van der Waals surface area contributed by atoms with Gasteiger partial charge in [0.15, 0.2) is 0 Å². The van der Waals surface area contributed by atoms with Crippen LogP contribution in [0.2, 0.25) is 10.0 Å². The van der Waals surface area contributed by atoms with Gasteiger partial charge in [0.25, 0.3) is 0 Å². The molecule has 19 heavy (non-hydrogen) atoms. The van der Waals surface area contributed by atoms with Crippen LogP contribution in [0.15, 0.2) is 30.6 Å². The molecule has 2 nitrogen and oxygen atoms in total. The Hall–Kier alpha value is -0.960. The van der Waals surface area contributed by atoms with Crippen molar-refractivity contribution in [1.29, 1.82) is 0 Å². The molecule has 4 heteroatoms. The minimum atomic E-state index is -0.307. The number of hydrogen-bond acceptors (Lipinski definition) is 1. The quantitative estimate of drug-likeness (QED) is 0.882. The van der Waals surface area contributed by atoms with Crippen LogP contribution in [0.5, 0.6) is 0 Å². The van der Waals surface area contributed by atoms with Crippen molar-refractivity contribution in [2.45, 2.75) is 31.9 Å². The van der Waals surface area contributed by atoms with E-state index in [4.69, 9.17) is 23.2 Å². The summed E-state index contributed by atoms with van der Waals surface area (Å²) >= 11 is 11.9. The van der Waals surface area contributed by atoms with E-state index in [-0.39, 0.29) is 6.10 Å². The lowest BCUT2D eigenvalue weighted by Gasteiger charge is -2.16. The Morgan fingerprint density at radius 3 is 2.79 bits per heavy atom. The summed E-state index contributed by atoms with van der Waals surface area (Å²) in [7, 11) is 0. The molecule has 1 unspecified atom stereocenters. The molecule has 1 aromatic heterocycles. The molecule has 0 saturated carbocycles. The van der Waals surface area contributed by atoms with Crippen molar-refractivity contribution in [1.82, 2.24) is 4.57 Å². The summed E-state index contributed by atoms with van der Waals surface area (Å²) in [5.41, 5.74) is 3.45. The molecule has 100 valence electrons. The highest BCUT2D eigenvalue weighted by atomic mass is 35.5. The average molecular weight is 296 g/mol. The summed E-state index contributed by atoms with van der Waals surface area (Å²) in [6.45, 7) is 0.747. The number of aryl methyl sites for hydroxylation is 1. The topological polar surface area (TPSA) is 25.2 Å². The molecule has 0 radical (unpaired) electrons. The van der Waals surface area contributed by atoms with Crippen LogP contribution >= 0.6 is 23.2 Å². The van der Waals surface area contributed by atoms with Crippen molar-refractivity contribution in [2.75, 3.05) is 0 Å². The van der Waals surface area contributed by atoms with E-state index < -0.39 is 0 Å². The van der Waals surface area contributed by atoms with Gasteiger partial charge in [-0.2, -0.15) is 0 Å². The summed E-state index contributed by atoms with van der Waals surface area (Å²) in [5.74, 6) is 0. The lowest BCUT2D eigenvalue weighted by molar-refractivity contribution is 0.157. The second-order valence-electron chi connectivity index (χ2n) is 5.07. The van der Waals surface area contributed by atoms with Gasteiger partial charge in [0.1, 0.15) is 0 Å². The first-order valence-corrected chi connectivity index (χ1v) is 7.19. The number of hydrogen-bond donors (Lipinski definition) is 1. The third-order valence-electron chi connectivity index (χ3n) is 3.63. The fourth-order valence-corrected chi connectivity index (χ4v) is 2.98. The van der Waals surface area contributed by atoms with Gasteiger partial charge in [0, 0.05) is 24.5 Å². The highest BCUT2D eigenvalue weighted by molar-refractivity contribution is 6.42. The third kappa shape index (κ3) is 2.66. The Morgan fingerprint density at radius 2 is 2.05 bits per heavy atom. The van der Waals surface area contributed by atoms with Crippen LogP contribution in [-0.2, 0) is 13.0 Å². The van der Waals surface area contributed by atoms with Crippen molar-refractivity contribution in [3.8, 4) is 0 Å². The fourth-order valence-electron chi connectivity index (χ4n) is 2.66. The Balaban J connectivity index is 1.85. The molecule has 0 aliphatic heterocycles. The normalized spacial score (nSPS) is 18.4. The number of aliphatic hydroxyl groups excluding tert-OH is 1. The van der Waals surface area contributed by atoms with E-state index in [0.717, 1.165) is 36.9 Å². The second kappa shape index (κ2) is 5.20. The Kier molecular flexibility index (Phi) is 3.57. The maximum Gasteiger partial charge on any atom is 0.0807 e. The number of aliphatic hydroxyl groups is 1. The van der Waals surface area contributed by atoms with Gasteiger partial charge in [-0.15, -0.1) is 0 Å². The Morgan fingerprint density at radius 1 is 1.21 bits per heavy atom. The Labute approximate surface area is 122 Å². The van der Waals surface area contributed by atoms with Gasteiger partial charge in [0.05, 0.1) is 16.1 Å². The molecule has 1 heterocycles. The second-order valence-corrected chi connectivity index (χ2v) is 5.88.